The Morgan fingerprint density at radius 3 is 2.44 bits per heavy atom. The van der Waals surface area contributed by atoms with Gasteiger partial charge in [0.1, 0.15) is 18.2 Å². The highest BCUT2D eigenvalue weighted by Gasteiger charge is 2.27. The summed E-state index contributed by atoms with van der Waals surface area (Å²) in [6.07, 6.45) is 14.5. The van der Waals surface area contributed by atoms with Gasteiger partial charge in [0.2, 0.25) is 11.8 Å². The number of amides is 3. The molecule has 0 radical (unpaired) electrons. The molecule has 0 spiro atoms. The molecule has 1 aliphatic rings. The second kappa shape index (κ2) is 18.5. The van der Waals surface area contributed by atoms with Gasteiger partial charge in [0.25, 0.3) is 0 Å². The van der Waals surface area contributed by atoms with Gasteiger partial charge >= 0.3 is 12.1 Å². The summed E-state index contributed by atoms with van der Waals surface area (Å²) >= 11 is 5.83. The molecule has 3 amide bonds. The first-order chi connectivity index (χ1) is 19.3. The van der Waals surface area contributed by atoms with E-state index in [1.165, 1.54) is 19.4 Å². The maximum atomic E-state index is 12.7. The summed E-state index contributed by atoms with van der Waals surface area (Å²) in [4.78, 5) is 48.1. The number of primary amides is 1. The molecule has 0 unspecified atom stereocenters. The van der Waals surface area contributed by atoms with Crippen LogP contribution in [0.3, 0.4) is 0 Å². The molecule has 1 rings (SSSR count). The van der Waals surface area contributed by atoms with Gasteiger partial charge in [-0.25, -0.2) is 9.59 Å². The van der Waals surface area contributed by atoms with Gasteiger partial charge in [-0.1, -0.05) is 74.4 Å². The minimum Gasteiger partial charge on any atom is -0.490 e. The molecule has 0 saturated carbocycles. The molecule has 0 aromatic heterocycles. The number of hydrogen-bond acceptors (Lipinski definition) is 7. The fourth-order valence-corrected chi connectivity index (χ4v) is 3.89. The van der Waals surface area contributed by atoms with Gasteiger partial charge in [0.15, 0.2) is 5.76 Å². The molecule has 0 fully saturated rings. The summed E-state index contributed by atoms with van der Waals surface area (Å²) < 4.78 is 15.4. The number of ether oxygens (including phenoxy) is 3. The predicted molar refractivity (Wildman–Crippen MR) is 158 cm³/mol. The van der Waals surface area contributed by atoms with E-state index in [2.05, 4.69) is 10.6 Å². The summed E-state index contributed by atoms with van der Waals surface area (Å²) in [6.45, 7) is 9.22. The Morgan fingerprint density at radius 1 is 1.17 bits per heavy atom. The fraction of sp³-hybridized carbons (Fsp3) is 0.467. The van der Waals surface area contributed by atoms with Crippen LogP contribution in [0.15, 0.2) is 71.2 Å². The second-order valence-corrected chi connectivity index (χ2v) is 10.5. The molecule has 0 saturated heterocycles. The van der Waals surface area contributed by atoms with E-state index in [9.17, 15) is 19.2 Å². The average Bonchev–Trinajstić information content (AvgIpc) is 2.89. The van der Waals surface area contributed by atoms with E-state index in [-0.39, 0.29) is 29.6 Å². The number of esters is 1. The molecule has 11 heteroatoms. The van der Waals surface area contributed by atoms with E-state index in [1.807, 2.05) is 39.8 Å². The predicted octanol–water partition coefficient (Wildman–Crippen LogP) is 4.68. The molecule has 10 nitrogen and oxygen atoms in total. The number of carbonyl (C=O) groups excluding carboxylic acids is 4. The van der Waals surface area contributed by atoms with Crippen molar-refractivity contribution in [2.45, 2.75) is 72.1 Å². The molecule has 41 heavy (non-hydrogen) atoms. The van der Waals surface area contributed by atoms with Gasteiger partial charge in [-0.05, 0) is 32.0 Å². The first-order valence-corrected chi connectivity index (χ1v) is 13.7. The number of methoxy groups -OCH3 is 1. The molecular formula is C30H42ClN3O7. The Bertz CT molecular complexity index is 1100. The lowest BCUT2D eigenvalue weighted by atomic mass is 9.97. The molecule has 1 heterocycles. The van der Waals surface area contributed by atoms with Crippen LogP contribution >= 0.6 is 11.6 Å². The van der Waals surface area contributed by atoms with Gasteiger partial charge in [-0.2, -0.15) is 0 Å². The van der Waals surface area contributed by atoms with Crippen molar-refractivity contribution in [2.24, 2.45) is 17.6 Å². The second-order valence-electron chi connectivity index (χ2n) is 9.90. The monoisotopic (exact) mass is 591 g/mol. The third-order valence-corrected chi connectivity index (χ3v) is 6.13. The lowest BCUT2D eigenvalue weighted by Gasteiger charge is -2.25. The van der Waals surface area contributed by atoms with Crippen LogP contribution in [-0.4, -0.2) is 49.2 Å². The first-order valence-electron chi connectivity index (χ1n) is 13.4. The summed E-state index contributed by atoms with van der Waals surface area (Å²) in [6, 6.07) is -0.770. The molecule has 0 bridgehead atoms. The van der Waals surface area contributed by atoms with Gasteiger partial charge < -0.3 is 30.6 Å². The third kappa shape index (κ3) is 14.4. The van der Waals surface area contributed by atoms with Gasteiger partial charge in [-0.3, -0.25) is 9.59 Å². The molecule has 1 aliphatic heterocycles. The Hall–Kier alpha value is -3.79. The molecule has 226 valence electrons. The van der Waals surface area contributed by atoms with E-state index in [0.29, 0.717) is 24.3 Å². The third-order valence-electron chi connectivity index (χ3n) is 5.98. The minimum atomic E-state index is -0.898. The van der Waals surface area contributed by atoms with E-state index in [0.717, 1.165) is 5.57 Å². The Labute approximate surface area is 247 Å². The van der Waals surface area contributed by atoms with Crippen LogP contribution in [0.4, 0.5) is 4.79 Å². The van der Waals surface area contributed by atoms with Crippen LogP contribution in [0.1, 0.15) is 53.9 Å². The number of hydrogen-bond donors (Lipinski definition) is 3. The molecule has 4 atom stereocenters. The molecule has 0 aromatic carbocycles. The molecule has 0 aromatic rings. The summed E-state index contributed by atoms with van der Waals surface area (Å²) in [5, 5.41) is 5.91. The van der Waals surface area contributed by atoms with E-state index in [1.54, 1.807) is 37.3 Å². The summed E-state index contributed by atoms with van der Waals surface area (Å²) in [5.41, 5.74) is 6.04. The first kappa shape index (κ1) is 35.2. The summed E-state index contributed by atoms with van der Waals surface area (Å²) in [5.74, 6) is -1.24. The van der Waals surface area contributed by atoms with Crippen molar-refractivity contribution >= 4 is 35.5 Å². The topological polar surface area (TPSA) is 146 Å². The van der Waals surface area contributed by atoms with Gasteiger partial charge in [0.05, 0.1) is 7.11 Å². The fourth-order valence-electron chi connectivity index (χ4n) is 3.80. The van der Waals surface area contributed by atoms with Crippen LogP contribution < -0.4 is 16.4 Å². The zero-order valence-corrected chi connectivity index (χ0v) is 25.3. The van der Waals surface area contributed by atoms with Crippen molar-refractivity contribution in [1.82, 2.24) is 10.6 Å². The van der Waals surface area contributed by atoms with Crippen molar-refractivity contribution < 1.29 is 33.4 Å². The number of nitrogens with one attached hydrogen (secondary N) is 2. The van der Waals surface area contributed by atoms with Crippen molar-refractivity contribution in [1.29, 1.82) is 0 Å². The highest BCUT2D eigenvalue weighted by molar-refractivity contribution is 6.29. The van der Waals surface area contributed by atoms with Gasteiger partial charge in [0, 0.05) is 36.3 Å². The lowest BCUT2D eigenvalue weighted by Crippen LogP contribution is -2.48. The normalized spacial score (nSPS) is 18.7. The van der Waals surface area contributed by atoms with Crippen LogP contribution in [-0.2, 0) is 28.6 Å². The number of rotatable bonds is 15. The Morgan fingerprint density at radius 2 is 1.85 bits per heavy atom. The van der Waals surface area contributed by atoms with Crippen molar-refractivity contribution in [3.63, 3.8) is 0 Å². The van der Waals surface area contributed by atoms with Crippen LogP contribution in [0.5, 0.6) is 0 Å². The highest BCUT2D eigenvalue weighted by atomic mass is 35.5. The number of cyclic esters (lactones) is 1. The minimum absolute atomic E-state index is 0.0156. The molecule has 0 aliphatic carbocycles. The lowest BCUT2D eigenvalue weighted by molar-refractivity contribution is -0.151. The molecule has 4 N–H and O–H groups in total. The Kier molecular flexibility index (Phi) is 15.9. The quantitative estimate of drug-likeness (QED) is 0.142. The maximum Gasteiger partial charge on any atom is 0.404 e. The van der Waals surface area contributed by atoms with Gasteiger partial charge in [-0.15, -0.1) is 0 Å². The number of nitrogens with two attached hydrogens (primary N) is 1. The smallest absolute Gasteiger partial charge is 0.404 e. The standard InChI is InChI=1S/C30H42ClN3O7/c1-19(2)27(28(36)33-17-9-11-23(40-30(32)38)14-13-22(5)31)34-26(35)12-8-7-10-20(3)18-21(4)24-15-16-25(39-6)29(37)41-24/h7-10,12-13,16-19,21,23-24,27H,11,14-15H2,1-6H3,(H2,32,38)(H,33,36)(H,34,35)/b10-7-,12-8-,17-9-,20-18+,22-13+/t21-,23-,24-,27-/m0/s1. The van der Waals surface area contributed by atoms with Crippen LogP contribution in [0, 0.1) is 11.8 Å². The zero-order chi connectivity index (χ0) is 30.9. The number of halogens is 1. The highest BCUT2D eigenvalue weighted by Crippen LogP contribution is 2.22. The van der Waals surface area contributed by atoms with E-state index < -0.39 is 30.1 Å². The average molecular weight is 592 g/mol. The SMILES string of the molecule is COC1=CC[C@@H]([C@@H](C)/C=C(C)/C=C\C=C/C(=O)N[C@H](C(=O)N/C=C\C[C@@H](C/C=C(\C)Cl)OC(N)=O)C(C)C)OC1=O. The van der Waals surface area contributed by atoms with E-state index >= 15 is 0 Å². The molecular weight excluding hydrogens is 550 g/mol. The Balaban J connectivity index is 2.63. The zero-order valence-electron chi connectivity index (χ0n) is 24.5. The number of allylic oxidation sites excluding steroid dienone is 5. The van der Waals surface area contributed by atoms with Crippen LogP contribution in [0.25, 0.3) is 0 Å². The maximum absolute atomic E-state index is 12.7. The van der Waals surface area contributed by atoms with Crippen molar-refractivity contribution in [2.75, 3.05) is 7.11 Å². The van der Waals surface area contributed by atoms with Crippen LogP contribution in [0.2, 0.25) is 0 Å². The van der Waals surface area contributed by atoms with Crippen molar-refractivity contribution in [3.05, 3.63) is 71.2 Å². The van der Waals surface area contributed by atoms with Crippen molar-refractivity contribution in [3.8, 4) is 0 Å². The van der Waals surface area contributed by atoms with E-state index in [4.69, 9.17) is 31.5 Å². The number of carbonyl (C=O) groups is 4. The largest absolute Gasteiger partial charge is 0.490 e. The summed E-state index contributed by atoms with van der Waals surface area (Å²) in [7, 11) is 1.43.